The lowest BCUT2D eigenvalue weighted by Crippen LogP contribution is -2.49. The van der Waals surface area contributed by atoms with Crippen LogP contribution >= 0.6 is 11.8 Å². The fourth-order valence-corrected chi connectivity index (χ4v) is 4.47. The molecule has 1 aliphatic rings. The lowest BCUT2D eigenvalue weighted by atomic mass is 9.70. The van der Waals surface area contributed by atoms with E-state index in [0.29, 0.717) is 11.5 Å². The molecule has 1 N–H and O–H groups in total. The van der Waals surface area contributed by atoms with Crippen molar-refractivity contribution in [2.75, 3.05) is 32.1 Å². The highest BCUT2D eigenvalue weighted by atomic mass is 32.2. The van der Waals surface area contributed by atoms with Crippen molar-refractivity contribution in [1.82, 2.24) is 10.2 Å². The Morgan fingerprint density at radius 1 is 1.29 bits per heavy atom. The van der Waals surface area contributed by atoms with Crippen molar-refractivity contribution in [3.63, 3.8) is 0 Å². The number of hydrogen-bond donors (Lipinski definition) is 1. The molecule has 0 spiro atoms. The molecule has 0 amide bonds. The maximum Gasteiger partial charge on any atom is 0.0180 e. The molecule has 1 rings (SSSR count). The number of nitrogens with one attached hydrogen (secondary N) is 1. The molecule has 21 heavy (non-hydrogen) atoms. The van der Waals surface area contributed by atoms with Crippen molar-refractivity contribution in [1.29, 1.82) is 0 Å². The van der Waals surface area contributed by atoms with Gasteiger partial charge in [-0.2, -0.15) is 11.8 Å². The van der Waals surface area contributed by atoms with Gasteiger partial charge in [0.25, 0.3) is 0 Å². The first-order valence-electron chi connectivity index (χ1n) is 8.85. The van der Waals surface area contributed by atoms with Gasteiger partial charge in [0.15, 0.2) is 0 Å². The molecule has 0 bridgehead atoms. The van der Waals surface area contributed by atoms with Crippen LogP contribution in [0.1, 0.15) is 59.8 Å². The monoisotopic (exact) mass is 314 g/mol. The van der Waals surface area contributed by atoms with Gasteiger partial charge in [-0.15, -0.1) is 0 Å². The van der Waals surface area contributed by atoms with E-state index in [2.05, 4.69) is 51.2 Å². The molecule has 2 nitrogen and oxygen atoms in total. The molecule has 0 aromatic heterocycles. The highest BCUT2D eigenvalue weighted by molar-refractivity contribution is 7.98. The highest BCUT2D eigenvalue weighted by Crippen LogP contribution is 2.39. The SMILES string of the molecule is CCC(CSC)N(C)CC1(CNC(C)C)CCC(C)CC1. The maximum absolute atomic E-state index is 3.73. The van der Waals surface area contributed by atoms with E-state index in [1.165, 1.54) is 50.9 Å². The van der Waals surface area contributed by atoms with Crippen molar-refractivity contribution in [2.24, 2.45) is 11.3 Å². The lowest BCUT2D eigenvalue weighted by molar-refractivity contribution is 0.0803. The Morgan fingerprint density at radius 2 is 1.90 bits per heavy atom. The zero-order chi connectivity index (χ0) is 15.9. The van der Waals surface area contributed by atoms with Crippen molar-refractivity contribution >= 4 is 11.8 Å². The Bertz CT molecular complexity index is 272. The van der Waals surface area contributed by atoms with Crippen molar-refractivity contribution in [3.05, 3.63) is 0 Å². The van der Waals surface area contributed by atoms with Crippen molar-refractivity contribution < 1.29 is 0 Å². The van der Waals surface area contributed by atoms with Gasteiger partial charge in [0.2, 0.25) is 0 Å². The zero-order valence-corrected chi connectivity index (χ0v) is 16.1. The van der Waals surface area contributed by atoms with E-state index in [4.69, 9.17) is 0 Å². The number of thioether (sulfide) groups is 1. The summed E-state index contributed by atoms with van der Waals surface area (Å²) in [5, 5.41) is 3.73. The molecule has 0 aliphatic heterocycles. The van der Waals surface area contributed by atoms with E-state index in [-0.39, 0.29) is 0 Å². The van der Waals surface area contributed by atoms with E-state index in [1.54, 1.807) is 0 Å². The Hall–Kier alpha value is 0.270. The summed E-state index contributed by atoms with van der Waals surface area (Å²) in [5.41, 5.74) is 0.497. The van der Waals surface area contributed by atoms with E-state index >= 15 is 0 Å². The van der Waals surface area contributed by atoms with Crippen LogP contribution in [0.4, 0.5) is 0 Å². The second-order valence-electron chi connectivity index (χ2n) is 7.65. The molecule has 1 atom stereocenters. The van der Waals surface area contributed by atoms with Gasteiger partial charge in [-0.25, -0.2) is 0 Å². The minimum atomic E-state index is 0.497. The third-order valence-electron chi connectivity index (χ3n) is 5.26. The van der Waals surface area contributed by atoms with E-state index in [0.717, 1.165) is 12.0 Å². The summed E-state index contributed by atoms with van der Waals surface area (Å²) < 4.78 is 0. The topological polar surface area (TPSA) is 15.3 Å². The summed E-state index contributed by atoms with van der Waals surface area (Å²) in [4.78, 5) is 2.65. The van der Waals surface area contributed by atoms with Crippen LogP contribution in [-0.4, -0.2) is 49.1 Å². The molecule has 1 unspecified atom stereocenters. The largest absolute Gasteiger partial charge is 0.314 e. The molecule has 0 saturated heterocycles. The van der Waals surface area contributed by atoms with Crippen LogP contribution in [0.25, 0.3) is 0 Å². The quantitative estimate of drug-likeness (QED) is 0.685. The summed E-state index contributed by atoms with van der Waals surface area (Å²) in [5.74, 6) is 2.19. The second kappa shape index (κ2) is 9.42. The summed E-state index contributed by atoms with van der Waals surface area (Å²) in [6, 6.07) is 1.33. The predicted molar refractivity (Wildman–Crippen MR) is 98.3 cm³/mol. The average Bonchev–Trinajstić information content (AvgIpc) is 2.45. The zero-order valence-electron chi connectivity index (χ0n) is 15.2. The fraction of sp³-hybridized carbons (Fsp3) is 1.00. The molecular weight excluding hydrogens is 276 g/mol. The number of rotatable bonds is 9. The van der Waals surface area contributed by atoms with Crippen LogP contribution in [0.3, 0.4) is 0 Å². The lowest BCUT2D eigenvalue weighted by Gasteiger charge is -2.44. The van der Waals surface area contributed by atoms with Gasteiger partial charge in [-0.1, -0.05) is 40.5 Å². The molecule has 0 heterocycles. The van der Waals surface area contributed by atoms with Gasteiger partial charge in [0.1, 0.15) is 0 Å². The molecule has 3 heteroatoms. The Kier molecular flexibility index (Phi) is 8.66. The highest BCUT2D eigenvalue weighted by Gasteiger charge is 2.36. The van der Waals surface area contributed by atoms with Crippen LogP contribution in [0, 0.1) is 11.3 Å². The van der Waals surface area contributed by atoms with E-state index < -0.39 is 0 Å². The van der Waals surface area contributed by atoms with Gasteiger partial charge in [0, 0.05) is 30.9 Å². The van der Waals surface area contributed by atoms with Gasteiger partial charge in [-0.05, 0) is 43.9 Å². The maximum atomic E-state index is 3.73. The first kappa shape index (κ1) is 19.3. The second-order valence-corrected chi connectivity index (χ2v) is 8.56. The molecule has 0 radical (unpaired) electrons. The van der Waals surface area contributed by atoms with Crippen LogP contribution < -0.4 is 5.32 Å². The fourth-order valence-electron chi connectivity index (χ4n) is 3.59. The standard InChI is InChI=1S/C18H38N2S/c1-7-17(12-21-6)20(5)14-18(13-19-15(2)3)10-8-16(4)9-11-18/h15-17,19H,7-14H2,1-6H3. The Balaban J connectivity index is 2.67. The van der Waals surface area contributed by atoms with Crippen LogP contribution in [-0.2, 0) is 0 Å². The van der Waals surface area contributed by atoms with Gasteiger partial charge in [0.05, 0.1) is 0 Å². The minimum absolute atomic E-state index is 0.497. The molecule has 1 saturated carbocycles. The average molecular weight is 315 g/mol. The summed E-state index contributed by atoms with van der Waals surface area (Å²) in [6.07, 6.45) is 9.11. The smallest absolute Gasteiger partial charge is 0.0180 e. The first-order chi connectivity index (χ1) is 9.92. The Morgan fingerprint density at radius 3 is 2.38 bits per heavy atom. The molecule has 1 fully saturated rings. The van der Waals surface area contributed by atoms with Gasteiger partial charge in [-0.3, -0.25) is 0 Å². The normalized spacial score (nSPS) is 28.3. The minimum Gasteiger partial charge on any atom is -0.314 e. The van der Waals surface area contributed by atoms with Crippen LogP contribution in [0.5, 0.6) is 0 Å². The molecule has 126 valence electrons. The van der Waals surface area contributed by atoms with E-state index in [1.807, 2.05) is 11.8 Å². The summed E-state index contributed by atoms with van der Waals surface area (Å²) >= 11 is 1.98. The summed E-state index contributed by atoms with van der Waals surface area (Å²) in [7, 11) is 2.35. The Labute approximate surface area is 137 Å². The molecular formula is C18H38N2S. The molecule has 0 aromatic carbocycles. The molecule has 1 aliphatic carbocycles. The third-order valence-corrected chi connectivity index (χ3v) is 5.98. The van der Waals surface area contributed by atoms with Crippen LogP contribution in [0.15, 0.2) is 0 Å². The van der Waals surface area contributed by atoms with Gasteiger partial charge < -0.3 is 10.2 Å². The first-order valence-corrected chi connectivity index (χ1v) is 10.2. The van der Waals surface area contributed by atoms with Crippen molar-refractivity contribution in [3.8, 4) is 0 Å². The third kappa shape index (κ3) is 6.50. The molecule has 0 aromatic rings. The summed E-state index contributed by atoms with van der Waals surface area (Å²) in [6.45, 7) is 11.7. The van der Waals surface area contributed by atoms with Crippen LogP contribution in [0.2, 0.25) is 0 Å². The van der Waals surface area contributed by atoms with Gasteiger partial charge >= 0.3 is 0 Å². The predicted octanol–water partition coefficient (Wildman–Crippen LogP) is 4.25. The number of hydrogen-bond acceptors (Lipinski definition) is 3. The van der Waals surface area contributed by atoms with Crippen molar-refractivity contribution in [2.45, 2.75) is 71.9 Å². The van der Waals surface area contributed by atoms with E-state index in [9.17, 15) is 0 Å². The number of nitrogens with zero attached hydrogens (tertiary/aromatic N) is 1.